The molecule has 0 saturated carbocycles. The SMILES string of the molecule is COc1ccc(-n2c(-c3ccc(C#N)c(F)c3)nc(C(=O)N3CCC[C@@H](N)C3)c2C(F)(F)F)cc1. The summed E-state index contributed by atoms with van der Waals surface area (Å²) in [6.07, 6.45) is -3.76. The summed E-state index contributed by atoms with van der Waals surface area (Å²) in [4.78, 5) is 18.6. The molecule has 3 aromatic rings. The number of alkyl halides is 3. The van der Waals surface area contributed by atoms with Gasteiger partial charge in [0.05, 0.1) is 12.7 Å². The minimum Gasteiger partial charge on any atom is -0.497 e. The summed E-state index contributed by atoms with van der Waals surface area (Å²) in [5.74, 6) is -1.71. The number of ether oxygens (including phenoxy) is 1. The number of likely N-dealkylation sites (tertiary alicyclic amines) is 1. The number of piperidine rings is 1. The Kier molecular flexibility index (Phi) is 6.49. The summed E-state index contributed by atoms with van der Waals surface area (Å²) in [6.45, 7) is 0.354. The average Bonchev–Trinajstić information content (AvgIpc) is 3.25. The molecule has 2 aromatic carbocycles. The molecule has 1 atom stereocenters. The zero-order chi connectivity index (χ0) is 25.3. The van der Waals surface area contributed by atoms with Crippen molar-refractivity contribution in [3.8, 4) is 28.9 Å². The van der Waals surface area contributed by atoms with Gasteiger partial charge < -0.3 is 15.4 Å². The number of methoxy groups -OCH3 is 1. The number of nitrogens with two attached hydrogens (primary N) is 1. The van der Waals surface area contributed by atoms with E-state index < -0.39 is 29.3 Å². The minimum absolute atomic E-state index is 0.0304. The lowest BCUT2D eigenvalue weighted by molar-refractivity contribution is -0.142. The first-order chi connectivity index (χ1) is 16.6. The van der Waals surface area contributed by atoms with E-state index >= 15 is 0 Å². The zero-order valence-corrected chi connectivity index (χ0v) is 18.6. The van der Waals surface area contributed by atoms with E-state index in [1.165, 1.54) is 42.3 Å². The number of aromatic nitrogens is 2. The number of halogens is 4. The summed E-state index contributed by atoms with van der Waals surface area (Å²) in [5, 5.41) is 9.02. The van der Waals surface area contributed by atoms with Crippen molar-refractivity contribution in [2.75, 3.05) is 20.2 Å². The average molecular weight is 487 g/mol. The van der Waals surface area contributed by atoms with Crippen LogP contribution in [0.1, 0.15) is 34.6 Å². The Labute approximate surface area is 198 Å². The molecule has 1 fully saturated rings. The Bertz CT molecular complexity index is 1290. The molecule has 11 heteroatoms. The van der Waals surface area contributed by atoms with Gasteiger partial charge in [0.2, 0.25) is 0 Å². The minimum atomic E-state index is -4.97. The lowest BCUT2D eigenvalue weighted by Crippen LogP contribution is -2.46. The Balaban J connectivity index is 1.97. The fraction of sp³-hybridized carbons (Fsp3) is 0.292. The molecule has 0 aliphatic carbocycles. The Morgan fingerprint density at radius 1 is 1.23 bits per heavy atom. The van der Waals surface area contributed by atoms with E-state index in [1.54, 1.807) is 6.07 Å². The van der Waals surface area contributed by atoms with Crippen LogP contribution in [0.2, 0.25) is 0 Å². The molecule has 1 amide bonds. The molecule has 1 aliphatic heterocycles. The van der Waals surface area contributed by atoms with Crippen LogP contribution in [0.15, 0.2) is 42.5 Å². The number of carbonyl (C=O) groups excluding carboxylic acids is 1. The Hall–Kier alpha value is -3.91. The van der Waals surface area contributed by atoms with Crippen LogP contribution < -0.4 is 10.5 Å². The van der Waals surface area contributed by atoms with E-state index in [9.17, 15) is 22.4 Å². The molecule has 2 N–H and O–H groups in total. The Morgan fingerprint density at radius 2 is 1.94 bits per heavy atom. The molecule has 4 rings (SSSR count). The van der Waals surface area contributed by atoms with E-state index in [1.807, 2.05) is 0 Å². The lowest BCUT2D eigenvalue weighted by Gasteiger charge is -2.30. The number of hydrogen-bond acceptors (Lipinski definition) is 5. The first-order valence-corrected chi connectivity index (χ1v) is 10.7. The van der Waals surface area contributed by atoms with Gasteiger partial charge in [-0.05, 0) is 55.3 Å². The molecule has 1 aliphatic rings. The maximum absolute atomic E-state index is 14.5. The monoisotopic (exact) mass is 487 g/mol. The highest BCUT2D eigenvalue weighted by Crippen LogP contribution is 2.39. The second-order valence-corrected chi connectivity index (χ2v) is 8.12. The van der Waals surface area contributed by atoms with Crippen molar-refractivity contribution < 1.29 is 27.1 Å². The number of imidazole rings is 1. The van der Waals surface area contributed by atoms with Crippen molar-refractivity contribution in [2.45, 2.75) is 25.1 Å². The van der Waals surface area contributed by atoms with Gasteiger partial charge in [0.1, 0.15) is 23.5 Å². The second-order valence-electron chi connectivity index (χ2n) is 8.12. The molecule has 35 heavy (non-hydrogen) atoms. The van der Waals surface area contributed by atoms with E-state index in [2.05, 4.69) is 4.98 Å². The van der Waals surface area contributed by atoms with Gasteiger partial charge in [-0.25, -0.2) is 9.37 Å². The third-order valence-corrected chi connectivity index (χ3v) is 5.77. The topological polar surface area (TPSA) is 97.2 Å². The molecule has 0 radical (unpaired) electrons. The molecule has 2 heterocycles. The van der Waals surface area contributed by atoms with Gasteiger partial charge in [0, 0.05) is 30.4 Å². The normalized spacial score (nSPS) is 16.1. The standard InChI is InChI=1S/C24H21F4N5O2/c1-35-18-8-6-17(7-9-18)33-21(24(26,27)28)20(23(34)32-10-2-3-16(30)13-32)31-22(33)14-4-5-15(12-29)19(25)11-14/h4-9,11,16H,2-3,10,13,30H2,1H3/t16-/m1/s1. The first kappa shape index (κ1) is 24.2. The number of nitriles is 1. The van der Waals surface area contributed by atoms with Crippen molar-refractivity contribution in [1.29, 1.82) is 5.26 Å². The predicted molar refractivity (Wildman–Crippen MR) is 118 cm³/mol. The van der Waals surface area contributed by atoms with Crippen LogP contribution in [-0.2, 0) is 6.18 Å². The molecule has 0 unspecified atom stereocenters. The molecule has 0 spiro atoms. The smallest absolute Gasteiger partial charge is 0.434 e. The highest BCUT2D eigenvalue weighted by molar-refractivity contribution is 5.95. The van der Waals surface area contributed by atoms with Crippen LogP contribution in [0.25, 0.3) is 17.1 Å². The summed E-state index contributed by atoms with van der Waals surface area (Å²) < 4.78 is 63.7. The van der Waals surface area contributed by atoms with Crippen LogP contribution in [0.5, 0.6) is 5.75 Å². The molecule has 1 saturated heterocycles. The summed E-state index contributed by atoms with van der Waals surface area (Å²) in [6, 6.07) is 10.4. The van der Waals surface area contributed by atoms with Gasteiger partial charge in [-0.2, -0.15) is 18.4 Å². The number of benzene rings is 2. The van der Waals surface area contributed by atoms with Crippen LogP contribution in [0.3, 0.4) is 0 Å². The predicted octanol–water partition coefficient (Wildman–Crippen LogP) is 4.14. The number of rotatable bonds is 4. The number of amides is 1. The summed E-state index contributed by atoms with van der Waals surface area (Å²) >= 11 is 0. The summed E-state index contributed by atoms with van der Waals surface area (Å²) in [5.41, 5.74) is 3.58. The van der Waals surface area contributed by atoms with Crippen molar-refractivity contribution in [3.63, 3.8) is 0 Å². The van der Waals surface area contributed by atoms with E-state index in [0.29, 0.717) is 18.6 Å². The van der Waals surface area contributed by atoms with Crippen LogP contribution in [0.4, 0.5) is 17.6 Å². The molecule has 0 bridgehead atoms. The van der Waals surface area contributed by atoms with Crippen molar-refractivity contribution in [3.05, 3.63) is 65.2 Å². The van der Waals surface area contributed by atoms with Gasteiger partial charge >= 0.3 is 6.18 Å². The van der Waals surface area contributed by atoms with E-state index in [4.69, 9.17) is 15.7 Å². The highest BCUT2D eigenvalue weighted by atomic mass is 19.4. The van der Waals surface area contributed by atoms with Crippen LogP contribution in [-0.4, -0.2) is 46.6 Å². The number of nitrogens with zero attached hydrogens (tertiary/aromatic N) is 4. The van der Waals surface area contributed by atoms with Gasteiger partial charge in [0.25, 0.3) is 5.91 Å². The van der Waals surface area contributed by atoms with Crippen LogP contribution in [0, 0.1) is 17.1 Å². The third kappa shape index (κ3) is 4.70. The fourth-order valence-electron chi connectivity index (χ4n) is 4.10. The van der Waals surface area contributed by atoms with E-state index in [0.717, 1.165) is 16.7 Å². The number of hydrogen-bond donors (Lipinski definition) is 1. The lowest BCUT2D eigenvalue weighted by atomic mass is 10.1. The molecular formula is C24H21F4N5O2. The molecular weight excluding hydrogens is 466 g/mol. The van der Waals surface area contributed by atoms with Crippen molar-refractivity contribution >= 4 is 5.91 Å². The van der Waals surface area contributed by atoms with Gasteiger partial charge in [-0.3, -0.25) is 9.36 Å². The van der Waals surface area contributed by atoms with E-state index in [-0.39, 0.29) is 41.8 Å². The number of carbonyl (C=O) groups is 1. The fourth-order valence-corrected chi connectivity index (χ4v) is 4.10. The van der Waals surface area contributed by atoms with Gasteiger partial charge in [0.15, 0.2) is 11.4 Å². The molecule has 1 aromatic heterocycles. The maximum atomic E-state index is 14.5. The van der Waals surface area contributed by atoms with Gasteiger partial charge in [-0.15, -0.1) is 0 Å². The van der Waals surface area contributed by atoms with Gasteiger partial charge in [-0.1, -0.05) is 0 Å². The third-order valence-electron chi connectivity index (χ3n) is 5.77. The zero-order valence-electron chi connectivity index (χ0n) is 18.6. The van der Waals surface area contributed by atoms with Crippen molar-refractivity contribution in [2.24, 2.45) is 5.73 Å². The second kappa shape index (κ2) is 9.38. The van der Waals surface area contributed by atoms with Crippen LogP contribution >= 0.6 is 0 Å². The highest BCUT2D eigenvalue weighted by Gasteiger charge is 2.44. The van der Waals surface area contributed by atoms with Crippen molar-refractivity contribution in [1.82, 2.24) is 14.5 Å². The Morgan fingerprint density at radius 3 is 2.51 bits per heavy atom. The summed E-state index contributed by atoms with van der Waals surface area (Å²) in [7, 11) is 1.42. The maximum Gasteiger partial charge on any atom is 0.434 e. The molecule has 182 valence electrons. The first-order valence-electron chi connectivity index (χ1n) is 10.7. The quantitative estimate of drug-likeness (QED) is 0.558. The molecule has 7 nitrogen and oxygen atoms in total. The largest absolute Gasteiger partial charge is 0.497 e.